The van der Waals surface area contributed by atoms with Crippen LogP contribution in [0.3, 0.4) is 0 Å². The number of aliphatic hydroxyl groups excluding tert-OH is 2. The summed E-state index contributed by atoms with van der Waals surface area (Å²) in [7, 11) is 3.51. The van der Waals surface area contributed by atoms with Crippen molar-refractivity contribution in [3.05, 3.63) is 34.9 Å². The van der Waals surface area contributed by atoms with Crippen molar-refractivity contribution < 1.29 is 19.8 Å². The van der Waals surface area contributed by atoms with Crippen LogP contribution in [0, 0.1) is 0 Å². The average molecular weight is 344 g/mol. The Morgan fingerprint density at radius 2 is 2.00 bits per heavy atom. The van der Waals surface area contributed by atoms with Gasteiger partial charge in [0.1, 0.15) is 12.6 Å². The lowest BCUT2D eigenvalue weighted by Crippen LogP contribution is -2.49. The zero-order valence-electron chi connectivity index (χ0n) is 13.1. The van der Waals surface area contributed by atoms with E-state index in [0.29, 0.717) is 5.02 Å². The van der Waals surface area contributed by atoms with Crippen molar-refractivity contribution in [2.75, 3.05) is 33.9 Å². The van der Waals surface area contributed by atoms with Gasteiger partial charge in [0.25, 0.3) is 0 Å². The molecular formula is C15H22ClN3O4. The molecule has 2 amide bonds. The summed E-state index contributed by atoms with van der Waals surface area (Å²) in [5.41, 5.74) is 0.719. The van der Waals surface area contributed by atoms with Gasteiger partial charge in [0.2, 0.25) is 11.8 Å². The Bertz CT molecular complexity index is 539. The van der Waals surface area contributed by atoms with E-state index in [1.54, 1.807) is 43.3 Å². The number of benzene rings is 1. The van der Waals surface area contributed by atoms with Gasteiger partial charge in [0.05, 0.1) is 12.6 Å². The molecule has 1 rings (SSSR count). The number of nitrogens with one attached hydrogen (secondary N) is 2. The Labute approximate surface area is 140 Å². The zero-order chi connectivity index (χ0) is 17.4. The first-order chi connectivity index (χ1) is 10.9. The van der Waals surface area contributed by atoms with Crippen LogP contribution in [-0.4, -0.2) is 66.8 Å². The Hall–Kier alpha value is -1.67. The highest BCUT2D eigenvalue weighted by atomic mass is 35.5. The zero-order valence-corrected chi connectivity index (χ0v) is 13.9. The summed E-state index contributed by atoms with van der Waals surface area (Å²) in [5.74, 6) is -0.897. The van der Waals surface area contributed by atoms with E-state index in [1.165, 1.54) is 0 Å². The highest BCUT2D eigenvalue weighted by Gasteiger charge is 2.25. The molecular weight excluding hydrogens is 322 g/mol. The fourth-order valence-corrected chi connectivity index (χ4v) is 2.29. The highest BCUT2D eigenvalue weighted by molar-refractivity contribution is 6.30. The first-order valence-corrected chi connectivity index (χ1v) is 7.47. The third-order valence-electron chi connectivity index (χ3n) is 3.19. The van der Waals surface area contributed by atoms with E-state index < -0.39 is 24.6 Å². The van der Waals surface area contributed by atoms with E-state index in [-0.39, 0.29) is 19.1 Å². The molecule has 4 N–H and O–H groups in total. The van der Waals surface area contributed by atoms with Gasteiger partial charge >= 0.3 is 0 Å². The summed E-state index contributed by atoms with van der Waals surface area (Å²) < 4.78 is 0. The molecule has 7 nitrogen and oxygen atoms in total. The number of carbonyl (C=O) groups is 2. The molecule has 0 saturated heterocycles. The molecule has 128 valence electrons. The molecule has 0 aromatic heterocycles. The number of likely N-dealkylation sites (N-methyl/N-ethyl adjacent to an activating group) is 1. The van der Waals surface area contributed by atoms with Crippen LogP contribution in [0.4, 0.5) is 0 Å². The number of hydrogen-bond donors (Lipinski definition) is 4. The molecule has 8 heteroatoms. The molecule has 0 aliphatic carbocycles. The molecule has 0 bridgehead atoms. The van der Waals surface area contributed by atoms with Crippen molar-refractivity contribution in [3.63, 3.8) is 0 Å². The maximum absolute atomic E-state index is 12.5. The van der Waals surface area contributed by atoms with Gasteiger partial charge in [-0.15, -0.1) is 0 Å². The number of hydrogen-bond acceptors (Lipinski definition) is 5. The van der Waals surface area contributed by atoms with E-state index in [0.717, 1.165) is 5.56 Å². The second-order valence-corrected chi connectivity index (χ2v) is 5.71. The van der Waals surface area contributed by atoms with Crippen LogP contribution in [0.1, 0.15) is 11.6 Å². The van der Waals surface area contributed by atoms with Crippen molar-refractivity contribution in [2.24, 2.45) is 0 Å². The summed E-state index contributed by atoms with van der Waals surface area (Å²) in [5, 5.41) is 23.6. The molecule has 2 unspecified atom stereocenters. The van der Waals surface area contributed by atoms with Crippen LogP contribution in [-0.2, 0) is 9.59 Å². The molecule has 0 aliphatic rings. The Balaban J connectivity index is 2.79. The number of nitrogens with zero attached hydrogens (tertiary/aromatic N) is 1. The largest absolute Gasteiger partial charge is 0.394 e. The molecule has 1 aromatic carbocycles. The molecule has 0 radical (unpaired) electrons. The third kappa shape index (κ3) is 6.15. The van der Waals surface area contributed by atoms with Crippen molar-refractivity contribution in [3.8, 4) is 0 Å². The third-order valence-corrected chi connectivity index (χ3v) is 3.42. The summed E-state index contributed by atoms with van der Waals surface area (Å²) in [6, 6.07) is 5.73. The Morgan fingerprint density at radius 3 is 2.52 bits per heavy atom. The first kappa shape index (κ1) is 19.4. The smallest absolute Gasteiger partial charge is 0.245 e. The van der Waals surface area contributed by atoms with Crippen molar-refractivity contribution in [1.29, 1.82) is 0 Å². The maximum Gasteiger partial charge on any atom is 0.245 e. The molecule has 0 fully saturated rings. The summed E-state index contributed by atoms with van der Waals surface area (Å²) in [4.78, 5) is 25.3. The topological polar surface area (TPSA) is 102 Å². The Morgan fingerprint density at radius 1 is 1.30 bits per heavy atom. The SMILES string of the molecule is CN(C)C(C(=O)NC(CO)CNC(=O)CO)c1cccc(Cl)c1. The van der Waals surface area contributed by atoms with E-state index in [2.05, 4.69) is 10.6 Å². The van der Waals surface area contributed by atoms with E-state index in [1.807, 2.05) is 0 Å². The number of halogens is 1. The van der Waals surface area contributed by atoms with Gasteiger partial charge in [-0.2, -0.15) is 0 Å². The van der Waals surface area contributed by atoms with Crippen LogP contribution >= 0.6 is 11.6 Å². The van der Waals surface area contributed by atoms with Gasteiger partial charge in [-0.05, 0) is 31.8 Å². The van der Waals surface area contributed by atoms with Crippen LogP contribution in [0.5, 0.6) is 0 Å². The number of amides is 2. The van der Waals surface area contributed by atoms with E-state index >= 15 is 0 Å². The molecule has 0 heterocycles. The lowest BCUT2D eigenvalue weighted by molar-refractivity contribution is -0.128. The van der Waals surface area contributed by atoms with Crippen molar-refractivity contribution in [2.45, 2.75) is 12.1 Å². The predicted molar refractivity (Wildman–Crippen MR) is 87.0 cm³/mol. The molecule has 0 aliphatic heterocycles. The van der Waals surface area contributed by atoms with Crippen LogP contribution in [0.25, 0.3) is 0 Å². The Kier molecular flexibility index (Phi) is 7.97. The van der Waals surface area contributed by atoms with Crippen LogP contribution in [0.2, 0.25) is 5.02 Å². The fraction of sp³-hybridized carbons (Fsp3) is 0.467. The summed E-state index contributed by atoms with van der Waals surface area (Å²) in [6.07, 6.45) is 0. The summed E-state index contributed by atoms with van der Waals surface area (Å²) >= 11 is 5.97. The lowest BCUT2D eigenvalue weighted by atomic mass is 10.0. The summed E-state index contributed by atoms with van der Waals surface area (Å²) in [6.45, 7) is -0.959. The maximum atomic E-state index is 12.5. The first-order valence-electron chi connectivity index (χ1n) is 7.09. The molecule has 0 spiro atoms. The minimum atomic E-state index is -0.653. The molecule has 2 atom stereocenters. The van der Waals surface area contributed by atoms with Gasteiger partial charge in [0.15, 0.2) is 0 Å². The van der Waals surface area contributed by atoms with Crippen LogP contribution < -0.4 is 10.6 Å². The van der Waals surface area contributed by atoms with Gasteiger partial charge in [-0.1, -0.05) is 23.7 Å². The van der Waals surface area contributed by atoms with Gasteiger partial charge in [0, 0.05) is 11.6 Å². The highest BCUT2D eigenvalue weighted by Crippen LogP contribution is 2.21. The minimum absolute atomic E-state index is 0.0251. The van der Waals surface area contributed by atoms with E-state index in [4.69, 9.17) is 16.7 Å². The molecule has 0 saturated carbocycles. The van der Waals surface area contributed by atoms with Gasteiger partial charge in [-0.25, -0.2) is 0 Å². The van der Waals surface area contributed by atoms with Crippen molar-refractivity contribution >= 4 is 23.4 Å². The number of rotatable bonds is 8. The van der Waals surface area contributed by atoms with Gasteiger partial charge in [-0.3, -0.25) is 14.5 Å². The van der Waals surface area contributed by atoms with Gasteiger partial charge < -0.3 is 20.8 Å². The van der Waals surface area contributed by atoms with Crippen molar-refractivity contribution in [1.82, 2.24) is 15.5 Å². The standard InChI is InChI=1S/C15H22ClN3O4/c1-19(2)14(10-4-3-5-11(16)6-10)15(23)18-12(8-20)7-17-13(22)9-21/h3-6,12,14,20-21H,7-9H2,1-2H3,(H,17,22)(H,18,23). The average Bonchev–Trinajstić information content (AvgIpc) is 2.50. The monoisotopic (exact) mass is 343 g/mol. The molecule has 23 heavy (non-hydrogen) atoms. The fourth-order valence-electron chi connectivity index (χ4n) is 2.09. The second-order valence-electron chi connectivity index (χ2n) is 5.27. The molecule has 1 aromatic rings. The van der Waals surface area contributed by atoms with Crippen LogP contribution in [0.15, 0.2) is 24.3 Å². The quantitative estimate of drug-likeness (QED) is 0.511. The number of aliphatic hydroxyl groups is 2. The number of carbonyl (C=O) groups excluding carboxylic acids is 2. The minimum Gasteiger partial charge on any atom is -0.394 e. The van der Waals surface area contributed by atoms with E-state index in [9.17, 15) is 14.7 Å². The normalized spacial score (nSPS) is 13.5. The lowest BCUT2D eigenvalue weighted by Gasteiger charge is -2.26. The second kappa shape index (κ2) is 9.46. The predicted octanol–water partition coefficient (Wildman–Crippen LogP) is -0.472.